The number of hydrogen-bond donors (Lipinski definition) is 0. The Morgan fingerprint density at radius 1 is 0.941 bits per heavy atom. The second-order valence-electron chi connectivity index (χ2n) is 3.76. The Balaban J connectivity index is 2.10. The molecule has 2 aromatic rings. The van der Waals surface area contributed by atoms with Gasteiger partial charge in [0.05, 0.1) is 0 Å². The summed E-state index contributed by atoms with van der Waals surface area (Å²) in [5.74, 6) is 0.486. The van der Waals surface area contributed by atoms with Gasteiger partial charge in [0.25, 0.3) is 6.36 Å². The van der Waals surface area contributed by atoms with E-state index in [9.17, 15) is 4.39 Å². The molecule has 1 heterocycles. The van der Waals surface area contributed by atoms with E-state index >= 15 is 0 Å². The van der Waals surface area contributed by atoms with Crippen molar-refractivity contribution >= 4 is 11.4 Å². The minimum absolute atomic E-state index is 0.323. The van der Waals surface area contributed by atoms with Crippen molar-refractivity contribution in [2.75, 3.05) is 0 Å². The van der Waals surface area contributed by atoms with Crippen LogP contribution >= 0.6 is 0 Å². The number of para-hydroxylation sites is 2. The van der Waals surface area contributed by atoms with E-state index in [1.807, 2.05) is 42.5 Å². The highest BCUT2D eigenvalue weighted by atomic mass is 19.1. The first-order valence-electron chi connectivity index (χ1n) is 5.38. The van der Waals surface area contributed by atoms with E-state index in [1.165, 1.54) is 0 Å². The molecule has 1 aliphatic rings. The van der Waals surface area contributed by atoms with Crippen LogP contribution in [-0.4, -0.2) is 12.1 Å². The molecule has 0 spiro atoms. The van der Waals surface area contributed by atoms with Gasteiger partial charge < -0.3 is 4.74 Å². The van der Waals surface area contributed by atoms with Crippen LogP contribution in [0, 0.1) is 0 Å². The topological polar surface area (TPSA) is 21.6 Å². The van der Waals surface area contributed by atoms with Gasteiger partial charge >= 0.3 is 0 Å². The van der Waals surface area contributed by atoms with Crippen LogP contribution in [0.5, 0.6) is 5.75 Å². The summed E-state index contributed by atoms with van der Waals surface area (Å²) in [5.41, 5.74) is 1.74. The summed E-state index contributed by atoms with van der Waals surface area (Å²) in [6.07, 6.45) is -1.51. The van der Waals surface area contributed by atoms with Crippen LogP contribution in [0.3, 0.4) is 0 Å². The molecular formula is C14H10FNO. The monoisotopic (exact) mass is 227 g/mol. The molecule has 0 bridgehead atoms. The first-order valence-corrected chi connectivity index (χ1v) is 5.38. The van der Waals surface area contributed by atoms with Crippen LogP contribution in [0.4, 0.5) is 10.1 Å². The Hall–Kier alpha value is -2.16. The summed E-state index contributed by atoms with van der Waals surface area (Å²) < 4.78 is 19.1. The third kappa shape index (κ3) is 1.80. The third-order valence-electron chi connectivity index (χ3n) is 2.62. The molecule has 0 radical (unpaired) electrons. The van der Waals surface area contributed by atoms with Gasteiger partial charge in [-0.25, -0.2) is 4.99 Å². The standard InChI is InChI=1S/C14H10FNO/c15-14-13(10-6-2-1-3-7-10)16-11-8-4-5-9-12(11)17-14/h1-9,14H. The number of nitrogens with zero attached hydrogens (tertiary/aromatic N) is 1. The molecule has 0 aromatic heterocycles. The van der Waals surface area contributed by atoms with E-state index < -0.39 is 6.36 Å². The minimum atomic E-state index is -1.51. The van der Waals surface area contributed by atoms with Crippen molar-refractivity contribution in [3.05, 3.63) is 60.2 Å². The highest BCUT2D eigenvalue weighted by molar-refractivity contribution is 6.05. The molecule has 0 saturated carbocycles. The molecule has 0 saturated heterocycles. The van der Waals surface area contributed by atoms with Crippen molar-refractivity contribution in [3.63, 3.8) is 0 Å². The van der Waals surface area contributed by atoms with Crippen LogP contribution in [0.15, 0.2) is 59.6 Å². The normalized spacial score (nSPS) is 17.9. The van der Waals surface area contributed by atoms with Crippen molar-refractivity contribution < 1.29 is 9.13 Å². The molecule has 84 valence electrons. The summed E-state index contributed by atoms with van der Waals surface area (Å²) in [5, 5.41) is 0. The zero-order valence-corrected chi connectivity index (χ0v) is 9.01. The highest BCUT2D eigenvalue weighted by Gasteiger charge is 2.24. The molecule has 17 heavy (non-hydrogen) atoms. The van der Waals surface area contributed by atoms with Gasteiger partial charge in [-0.1, -0.05) is 42.5 Å². The van der Waals surface area contributed by atoms with Gasteiger partial charge in [-0.05, 0) is 12.1 Å². The number of hydrogen-bond acceptors (Lipinski definition) is 2. The largest absolute Gasteiger partial charge is 0.452 e. The summed E-state index contributed by atoms with van der Waals surface area (Å²) in [7, 11) is 0. The first-order chi connectivity index (χ1) is 8.34. The van der Waals surface area contributed by atoms with Crippen LogP contribution in [-0.2, 0) is 0 Å². The van der Waals surface area contributed by atoms with Gasteiger partial charge in [-0.3, -0.25) is 0 Å². The van der Waals surface area contributed by atoms with Gasteiger partial charge in [0, 0.05) is 5.56 Å². The van der Waals surface area contributed by atoms with Gasteiger partial charge in [-0.15, -0.1) is 0 Å². The lowest BCUT2D eigenvalue weighted by atomic mass is 10.1. The number of benzene rings is 2. The second-order valence-corrected chi connectivity index (χ2v) is 3.76. The molecule has 0 aliphatic carbocycles. The van der Waals surface area contributed by atoms with Crippen LogP contribution < -0.4 is 4.74 Å². The van der Waals surface area contributed by atoms with Crippen molar-refractivity contribution in [2.45, 2.75) is 6.36 Å². The Bertz CT molecular complexity index is 565. The highest BCUT2D eigenvalue weighted by Crippen LogP contribution is 2.33. The maximum absolute atomic E-state index is 13.9. The molecule has 0 N–H and O–H groups in total. The van der Waals surface area contributed by atoms with E-state index in [2.05, 4.69) is 4.99 Å². The van der Waals surface area contributed by atoms with Crippen LogP contribution in [0.2, 0.25) is 0 Å². The predicted molar refractivity (Wildman–Crippen MR) is 64.6 cm³/mol. The summed E-state index contributed by atoms with van der Waals surface area (Å²) in [4.78, 5) is 4.31. The van der Waals surface area contributed by atoms with E-state index in [0.29, 0.717) is 17.1 Å². The third-order valence-corrected chi connectivity index (χ3v) is 2.62. The average molecular weight is 227 g/mol. The smallest absolute Gasteiger partial charge is 0.281 e. The van der Waals surface area contributed by atoms with Crippen molar-refractivity contribution in [1.29, 1.82) is 0 Å². The fourth-order valence-electron chi connectivity index (χ4n) is 1.80. The fourth-order valence-corrected chi connectivity index (χ4v) is 1.80. The van der Waals surface area contributed by atoms with Gasteiger partial charge in [0.15, 0.2) is 0 Å². The molecule has 1 atom stereocenters. The molecular weight excluding hydrogens is 217 g/mol. The molecule has 2 aromatic carbocycles. The maximum atomic E-state index is 13.9. The zero-order valence-electron chi connectivity index (χ0n) is 9.01. The zero-order chi connectivity index (χ0) is 11.7. The fraction of sp³-hybridized carbons (Fsp3) is 0.0714. The molecule has 0 fully saturated rings. The van der Waals surface area contributed by atoms with Crippen molar-refractivity contribution in [1.82, 2.24) is 0 Å². The number of fused-ring (bicyclic) bond motifs is 1. The van der Waals surface area contributed by atoms with Crippen LogP contribution in [0.1, 0.15) is 5.56 Å². The summed E-state index contributed by atoms with van der Waals surface area (Å²) >= 11 is 0. The number of alkyl halides is 1. The molecule has 1 aliphatic heterocycles. The average Bonchev–Trinajstić information content (AvgIpc) is 2.39. The minimum Gasteiger partial charge on any atom is -0.452 e. The molecule has 2 nitrogen and oxygen atoms in total. The number of rotatable bonds is 1. The summed E-state index contributed by atoms with van der Waals surface area (Å²) in [6, 6.07) is 16.4. The molecule has 1 unspecified atom stereocenters. The lowest BCUT2D eigenvalue weighted by Gasteiger charge is -2.20. The SMILES string of the molecule is FC1Oc2ccccc2N=C1c1ccccc1. The van der Waals surface area contributed by atoms with Crippen molar-refractivity contribution in [3.8, 4) is 5.75 Å². The Morgan fingerprint density at radius 2 is 1.65 bits per heavy atom. The predicted octanol–water partition coefficient (Wildman–Crippen LogP) is 3.50. The van der Waals surface area contributed by atoms with Gasteiger partial charge in [0.1, 0.15) is 17.1 Å². The van der Waals surface area contributed by atoms with E-state index in [-0.39, 0.29) is 0 Å². The van der Waals surface area contributed by atoms with Crippen LogP contribution in [0.25, 0.3) is 0 Å². The lowest BCUT2D eigenvalue weighted by Crippen LogP contribution is -2.25. The first kappa shape index (κ1) is 10.0. The Morgan fingerprint density at radius 3 is 2.47 bits per heavy atom. The van der Waals surface area contributed by atoms with Crippen molar-refractivity contribution in [2.24, 2.45) is 4.99 Å². The Kier molecular flexibility index (Phi) is 2.37. The van der Waals surface area contributed by atoms with E-state index in [0.717, 1.165) is 5.56 Å². The molecule has 3 heteroatoms. The van der Waals surface area contributed by atoms with Gasteiger partial charge in [-0.2, -0.15) is 4.39 Å². The lowest BCUT2D eigenvalue weighted by molar-refractivity contribution is 0.130. The van der Waals surface area contributed by atoms with Gasteiger partial charge in [0.2, 0.25) is 0 Å². The van der Waals surface area contributed by atoms with E-state index in [1.54, 1.807) is 12.1 Å². The number of aliphatic imine (C=N–C) groups is 1. The number of halogens is 1. The Labute approximate surface area is 98.4 Å². The second kappa shape index (κ2) is 4.01. The van der Waals surface area contributed by atoms with E-state index in [4.69, 9.17) is 4.74 Å². The number of ether oxygens (including phenoxy) is 1. The molecule has 0 amide bonds. The molecule has 3 rings (SSSR count). The maximum Gasteiger partial charge on any atom is 0.281 e. The quantitative estimate of drug-likeness (QED) is 0.730. The summed E-state index contributed by atoms with van der Waals surface area (Å²) in [6.45, 7) is 0.